The number of aromatic nitrogens is 2. The summed E-state index contributed by atoms with van der Waals surface area (Å²) in [6, 6.07) is 0. The molecule has 22 heavy (non-hydrogen) atoms. The molecule has 7 nitrogen and oxygen atoms in total. The summed E-state index contributed by atoms with van der Waals surface area (Å²) in [7, 11) is 1.48. The van der Waals surface area contributed by atoms with E-state index in [9.17, 15) is 19.5 Å². The second-order valence-corrected chi connectivity index (χ2v) is 5.49. The van der Waals surface area contributed by atoms with Crippen molar-refractivity contribution in [3.05, 3.63) is 27.2 Å². The van der Waals surface area contributed by atoms with Crippen molar-refractivity contribution in [2.24, 2.45) is 12.5 Å². The quantitative estimate of drug-likeness (QED) is 0.817. The maximum atomic E-state index is 12.3. The van der Waals surface area contributed by atoms with Crippen LogP contribution in [0.5, 0.6) is 0 Å². The van der Waals surface area contributed by atoms with E-state index in [1.54, 1.807) is 27.7 Å². The summed E-state index contributed by atoms with van der Waals surface area (Å²) in [4.78, 5) is 35.9. The van der Waals surface area contributed by atoms with E-state index in [1.807, 2.05) is 0 Å². The summed E-state index contributed by atoms with van der Waals surface area (Å²) in [6.45, 7) is 6.89. The number of amides is 1. The minimum atomic E-state index is -1.02. The Kier molecular flexibility index (Phi) is 5.46. The molecule has 1 aromatic rings. The normalized spacial score (nSPS) is 11.3. The Bertz CT molecular complexity index is 645. The van der Waals surface area contributed by atoms with Crippen molar-refractivity contribution in [3.8, 4) is 0 Å². The first-order chi connectivity index (χ1) is 10.2. The zero-order valence-electron chi connectivity index (χ0n) is 13.7. The molecule has 0 bridgehead atoms. The average Bonchev–Trinajstić information content (AvgIpc) is 2.46. The first kappa shape index (κ1) is 17.9. The number of aryl methyl sites for hydroxylation is 2. The fraction of sp³-hybridized carbons (Fsp3) is 0.600. The van der Waals surface area contributed by atoms with E-state index in [4.69, 9.17) is 0 Å². The zero-order chi connectivity index (χ0) is 17.1. The van der Waals surface area contributed by atoms with Crippen LogP contribution in [0.15, 0.2) is 4.79 Å². The highest BCUT2D eigenvalue weighted by Gasteiger charge is 2.35. The van der Waals surface area contributed by atoms with Crippen molar-refractivity contribution in [1.82, 2.24) is 15.1 Å². The molecule has 1 aromatic heterocycles. The van der Waals surface area contributed by atoms with E-state index in [0.717, 1.165) is 4.68 Å². The summed E-state index contributed by atoms with van der Waals surface area (Å²) in [5.74, 6) is -1.51. The summed E-state index contributed by atoms with van der Waals surface area (Å²) in [5.41, 5.74) is -0.398. The number of carbonyl (C=O) groups is 2. The predicted molar refractivity (Wildman–Crippen MR) is 81.9 cm³/mol. The fourth-order valence-corrected chi connectivity index (χ4v) is 2.33. The van der Waals surface area contributed by atoms with Crippen LogP contribution < -0.4 is 10.9 Å². The maximum absolute atomic E-state index is 12.3. The number of carbonyl (C=O) groups excluding carboxylic acids is 1. The number of hydrogen-bond acceptors (Lipinski definition) is 4. The standard InChI is InChI=1S/C15H23N3O4/c1-6-15(7-2,14(21)22)8-16-12(19)11-9(3)10(4)17-18(5)13(11)20/h6-8H2,1-5H3,(H,16,19)(H,21,22). The Morgan fingerprint density at radius 3 is 2.27 bits per heavy atom. The minimum absolute atomic E-state index is 0.0153. The van der Waals surface area contributed by atoms with E-state index in [1.165, 1.54) is 7.05 Å². The fourth-order valence-electron chi connectivity index (χ4n) is 2.33. The van der Waals surface area contributed by atoms with Crippen LogP contribution in [0.3, 0.4) is 0 Å². The lowest BCUT2D eigenvalue weighted by Crippen LogP contribution is -2.44. The second kappa shape index (κ2) is 6.72. The third kappa shape index (κ3) is 3.18. The maximum Gasteiger partial charge on any atom is 0.311 e. The number of nitrogens with zero attached hydrogens (tertiary/aromatic N) is 2. The van der Waals surface area contributed by atoms with Crippen LogP contribution in [0.1, 0.15) is 48.3 Å². The summed E-state index contributed by atoms with van der Waals surface area (Å²) in [6.07, 6.45) is 0.789. The van der Waals surface area contributed by atoms with E-state index < -0.39 is 22.9 Å². The molecule has 7 heteroatoms. The highest BCUT2D eigenvalue weighted by molar-refractivity contribution is 5.95. The highest BCUT2D eigenvalue weighted by atomic mass is 16.4. The van der Waals surface area contributed by atoms with Gasteiger partial charge in [-0.3, -0.25) is 14.4 Å². The van der Waals surface area contributed by atoms with Crippen LogP contribution in [0.25, 0.3) is 0 Å². The van der Waals surface area contributed by atoms with E-state index in [2.05, 4.69) is 10.4 Å². The van der Waals surface area contributed by atoms with Gasteiger partial charge in [0.1, 0.15) is 5.56 Å². The van der Waals surface area contributed by atoms with Crippen LogP contribution in [-0.4, -0.2) is 33.3 Å². The molecule has 0 radical (unpaired) electrons. The Labute approximate surface area is 129 Å². The van der Waals surface area contributed by atoms with Gasteiger partial charge in [0.05, 0.1) is 11.1 Å². The lowest BCUT2D eigenvalue weighted by molar-refractivity contribution is -0.149. The number of nitrogens with one attached hydrogen (secondary N) is 1. The molecule has 0 atom stereocenters. The first-order valence-corrected chi connectivity index (χ1v) is 7.26. The van der Waals surface area contributed by atoms with Gasteiger partial charge >= 0.3 is 5.97 Å². The summed E-state index contributed by atoms with van der Waals surface area (Å²) < 4.78 is 1.11. The predicted octanol–water partition coefficient (Wildman–Crippen LogP) is 1.02. The van der Waals surface area contributed by atoms with Crippen LogP contribution >= 0.6 is 0 Å². The number of hydrogen-bond donors (Lipinski definition) is 2. The summed E-state index contributed by atoms with van der Waals surface area (Å²) in [5, 5.41) is 16.0. The molecule has 0 aliphatic carbocycles. The van der Waals surface area contributed by atoms with Crippen LogP contribution in [0.2, 0.25) is 0 Å². The van der Waals surface area contributed by atoms with E-state index >= 15 is 0 Å². The zero-order valence-corrected chi connectivity index (χ0v) is 13.7. The number of carboxylic acid groups (broad SMARTS) is 1. The molecular weight excluding hydrogens is 286 g/mol. The molecule has 1 amide bonds. The molecule has 0 saturated heterocycles. The molecule has 0 aromatic carbocycles. The largest absolute Gasteiger partial charge is 0.481 e. The van der Waals surface area contributed by atoms with Crippen molar-refractivity contribution in [2.45, 2.75) is 40.5 Å². The minimum Gasteiger partial charge on any atom is -0.481 e. The van der Waals surface area contributed by atoms with Crippen molar-refractivity contribution in [2.75, 3.05) is 6.54 Å². The van der Waals surface area contributed by atoms with Gasteiger partial charge < -0.3 is 10.4 Å². The summed E-state index contributed by atoms with van der Waals surface area (Å²) >= 11 is 0. The molecule has 0 spiro atoms. The van der Waals surface area contributed by atoms with Gasteiger partial charge in [-0.05, 0) is 32.3 Å². The van der Waals surface area contributed by atoms with E-state index in [0.29, 0.717) is 24.1 Å². The van der Waals surface area contributed by atoms with Crippen molar-refractivity contribution >= 4 is 11.9 Å². The molecule has 1 heterocycles. The van der Waals surface area contributed by atoms with Gasteiger partial charge in [-0.2, -0.15) is 5.10 Å². The van der Waals surface area contributed by atoms with Gasteiger partial charge in [0.25, 0.3) is 11.5 Å². The number of carboxylic acids is 1. The SMILES string of the molecule is CCC(CC)(CNC(=O)c1c(C)c(C)nn(C)c1=O)C(=O)O. The van der Waals surface area contributed by atoms with Crippen molar-refractivity contribution in [3.63, 3.8) is 0 Å². The molecular formula is C15H23N3O4. The lowest BCUT2D eigenvalue weighted by atomic mass is 9.82. The smallest absolute Gasteiger partial charge is 0.311 e. The molecule has 2 N–H and O–H groups in total. The van der Waals surface area contributed by atoms with Gasteiger partial charge in [0, 0.05) is 13.6 Å². The van der Waals surface area contributed by atoms with Gasteiger partial charge in [-0.15, -0.1) is 0 Å². The van der Waals surface area contributed by atoms with Crippen LogP contribution in [0.4, 0.5) is 0 Å². The molecule has 0 unspecified atom stereocenters. The van der Waals surface area contributed by atoms with Gasteiger partial charge in [-0.1, -0.05) is 13.8 Å². The van der Waals surface area contributed by atoms with Crippen LogP contribution in [0, 0.1) is 19.3 Å². The van der Waals surface area contributed by atoms with Gasteiger partial charge in [-0.25, -0.2) is 4.68 Å². The molecule has 122 valence electrons. The van der Waals surface area contributed by atoms with Crippen LogP contribution in [-0.2, 0) is 11.8 Å². The van der Waals surface area contributed by atoms with Crippen molar-refractivity contribution < 1.29 is 14.7 Å². The molecule has 1 rings (SSSR count). The lowest BCUT2D eigenvalue weighted by Gasteiger charge is -2.26. The topological polar surface area (TPSA) is 101 Å². The monoisotopic (exact) mass is 309 g/mol. The third-order valence-electron chi connectivity index (χ3n) is 4.35. The van der Waals surface area contributed by atoms with Gasteiger partial charge in [0.2, 0.25) is 0 Å². The average molecular weight is 309 g/mol. The third-order valence-corrected chi connectivity index (χ3v) is 4.35. The Balaban J connectivity index is 3.10. The highest BCUT2D eigenvalue weighted by Crippen LogP contribution is 2.25. The number of aliphatic carboxylic acids is 1. The second-order valence-electron chi connectivity index (χ2n) is 5.49. The molecule has 0 aliphatic rings. The first-order valence-electron chi connectivity index (χ1n) is 7.26. The van der Waals surface area contributed by atoms with Crippen molar-refractivity contribution in [1.29, 1.82) is 0 Å². The Morgan fingerprint density at radius 2 is 1.82 bits per heavy atom. The number of rotatable bonds is 6. The molecule has 0 saturated carbocycles. The Hall–Kier alpha value is -2.18. The molecule has 0 fully saturated rings. The molecule has 0 aliphatic heterocycles. The Morgan fingerprint density at radius 1 is 1.27 bits per heavy atom. The van der Waals surface area contributed by atoms with E-state index in [-0.39, 0.29) is 12.1 Å². The van der Waals surface area contributed by atoms with Gasteiger partial charge in [0.15, 0.2) is 0 Å².